The van der Waals surface area contributed by atoms with Gasteiger partial charge < -0.3 is 10.0 Å². The summed E-state index contributed by atoms with van der Waals surface area (Å²) in [6, 6.07) is 16.7. The Labute approximate surface area is 176 Å². The van der Waals surface area contributed by atoms with Crippen LogP contribution in [0.4, 0.5) is 0 Å². The Morgan fingerprint density at radius 3 is 2.53 bits per heavy atom. The van der Waals surface area contributed by atoms with E-state index in [2.05, 4.69) is 52.4 Å². The summed E-state index contributed by atoms with van der Waals surface area (Å²) >= 11 is 0. The largest absolute Gasteiger partial charge is 0.392 e. The normalized spacial score (nSPS) is 18.6. The first-order valence-corrected chi connectivity index (χ1v) is 10.6. The summed E-state index contributed by atoms with van der Waals surface area (Å²) in [7, 11) is 0. The number of aliphatic hydroxyl groups excluding tert-OH is 1. The SMILES string of the molecule is O=C(c1ncccn1)N1CCC(c2ccc(-c3ccccc3C3CC3)cc2CO)C1. The maximum atomic E-state index is 12.7. The molecule has 1 aliphatic carbocycles. The molecule has 1 aliphatic heterocycles. The van der Waals surface area contributed by atoms with Gasteiger partial charge in [0.1, 0.15) is 0 Å². The molecule has 5 rings (SSSR count). The molecule has 1 aromatic heterocycles. The van der Waals surface area contributed by atoms with Crippen LogP contribution in [0.1, 0.15) is 58.4 Å². The lowest BCUT2D eigenvalue weighted by Crippen LogP contribution is -2.30. The molecule has 0 spiro atoms. The third kappa shape index (κ3) is 3.61. The van der Waals surface area contributed by atoms with Crippen molar-refractivity contribution >= 4 is 5.91 Å². The molecule has 1 saturated carbocycles. The molecular weight excluding hydrogens is 374 g/mol. The highest BCUT2D eigenvalue weighted by atomic mass is 16.3. The average molecular weight is 399 g/mol. The summed E-state index contributed by atoms with van der Waals surface area (Å²) in [5, 5.41) is 10.1. The highest BCUT2D eigenvalue weighted by Crippen LogP contribution is 2.44. The van der Waals surface area contributed by atoms with E-state index < -0.39 is 0 Å². The zero-order chi connectivity index (χ0) is 20.5. The second-order valence-electron chi connectivity index (χ2n) is 8.24. The van der Waals surface area contributed by atoms with E-state index in [1.165, 1.54) is 24.0 Å². The minimum atomic E-state index is -0.126. The van der Waals surface area contributed by atoms with Crippen LogP contribution in [0.3, 0.4) is 0 Å². The molecule has 1 N–H and O–H groups in total. The van der Waals surface area contributed by atoms with Crippen molar-refractivity contribution in [2.75, 3.05) is 13.1 Å². The van der Waals surface area contributed by atoms with Crippen molar-refractivity contribution in [3.63, 3.8) is 0 Å². The quantitative estimate of drug-likeness (QED) is 0.700. The number of hydrogen-bond donors (Lipinski definition) is 1. The highest BCUT2D eigenvalue weighted by Gasteiger charge is 2.31. The Morgan fingerprint density at radius 2 is 1.77 bits per heavy atom. The number of carbonyl (C=O) groups excluding carboxylic acids is 1. The molecule has 5 nitrogen and oxygen atoms in total. The van der Waals surface area contributed by atoms with Crippen molar-refractivity contribution in [1.29, 1.82) is 0 Å². The summed E-state index contributed by atoms with van der Waals surface area (Å²) in [5.41, 5.74) is 5.93. The molecule has 152 valence electrons. The van der Waals surface area contributed by atoms with Gasteiger partial charge in [0.05, 0.1) is 6.61 Å². The van der Waals surface area contributed by atoms with E-state index in [1.54, 1.807) is 18.5 Å². The molecule has 1 unspecified atom stereocenters. The van der Waals surface area contributed by atoms with Gasteiger partial charge in [-0.15, -0.1) is 0 Å². The molecule has 2 fully saturated rings. The lowest BCUT2D eigenvalue weighted by molar-refractivity contribution is 0.0778. The van der Waals surface area contributed by atoms with Crippen molar-refractivity contribution in [2.24, 2.45) is 0 Å². The van der Waals surface area contributed by atoms with Gasteiger partial charge in [-0.05, 0) is 65.1 Å². The van der Waals surface area contributed by atoms with Crippen LogP contribution in [0.2, 0.25) is 0 Å². The monoisotopic (exact) mass is 399 g/mol. The van der Waals surface area contributed by atoms with Crippen LogP contribution in [-0.4, -0.2) is 39.0 Å². The fraction of sp³-hybridized carbons (Fsp3) is 0.320. The van der Waals surface area contributed by atoms with Gasteiger partial charge in [0.25, 0.3) is 5.91 Å². The van der Waals surface area contributed by atoms with Gasteiger partial charge in [0.2, 0.25) is 5.82 Å². The van der Waals surface area contributed by atoms with Crippen LogP contribution in [0.5, 0.6) is 0 Å². The zero-order valence-electron chi connectivity index (χ0n) is 16.9. The molecule has 1 saturated heterocycles. The molecule has 0 radical (unpaired) electrons. The number of likely N-dealkylation sites (tertiary alicyclic amines) is 1. The number of hydrogen-bond acceptors (Lipinski definition) is 4. The minimum Gasteiger partial charge on any atom is -0.392 e. The Kier molecular flexibility index (Phi) is 5.05. The van der Waals surface area contributed by atoms with Crippen LogP contribution < -0.4 is 0 Å². The molecule has 3 aromatic rings. The molecule has 30 heavy (non-hydrogen) atoms. The lowest BCUT2D eigenvalue weighted by atomic mass is 9.89. The summed E-state index contributed by atoms with van der Waals surface area (Å²) < 4.78 is 0. The predicted molar refractivity (Wildman–Crippen MR) is 115 cm³/mol. The third-order valence-corrected chi connectivity index (χ3v) is 6.27. The maximum Gasteiger partial charge on any atom is 0.291 e. The van der Waals surface area contributed by atoms with Gasteiger partial charge in [-0.25, -0.2) is 9.97 Å². The Morgan fingerprint density at radius 1 is 0.967 bits per heavy atom. The molecule has 2 heterocycles. The molecule has 2 aromatic carbocycles. The lowest BCUT2D eigenvalue weighted by Gasteiger charge is -2.18. The van der Waals surface area contributed by atoms with Gasteiger partial charge >= 0.3 is 0 Å². The smallest absolute Gasteiger partial charge is 0.291 e. The Hall–Kier alpha value is -3.05. The van der Waals surface area contributed by atoms with E-state index in [0.717, 1.165) is 23.1 Å². The van der Waals surface area contributed by atoms with Crippen LogP contribution in [0.25, 0.3) is 11.1 Å². The van der Waals surface area contributed by atoms with Crippen molar-refractivity contribution in [2.45, 2.75) is 37.7 Å². The fourth-order valence-electron chi connectivity index (χ4n) is 4.57. The van der Waals surface area contributed by atoms with Gasteiger partial charge in [-0.2, -0.15) is 0 Å². The van der Waals surface area contributed by atoms with E-state index in [9.17, 15) is 9.90 Å². The molecule has 5 heteroatoms. The fourth-order valence-corrected chi connectivity index (χ4v) is 4.57. The van der Waals surface area contributed by atoms with Crippen LogP contribution >= 0.6 is 0 Å². The number of amides is 1. The summed E-state index contributed by atoms with van der Waals surface area (Å²) in [4.78, 5) is 22.7. The average Bonchev–Trinajstić information content (AvgIpc) is 3.55. The predicted octanol–water partition coefficient (Wildman–Crippen LogP) is 4.14. The second-order valence-corrected chi connectivity index (χ2v) is 8.24. The van der Waals surface area contributed by atoms with Crippen LogP contribution in [-0.2, 0) is 6.61 Å². The van der Waals surface area contributed by atoms with Crippen molar-refractivity contribution in [3.8, 4) is 11.1 Å². The molecule has 2 aliphatic rings. The van der Waals surface area contributed by atoms with Crippen molar-refractivity contribution in [1.82, 2.24) is 14.9 Å². The molecule has 1 atom stereocenters. The van der Waals surface area contributed by atoms with E-state index in [0.29, 0.717) is 19.0 Å². The number of rotatable bonds is 5. The van der Waals surface area contributed by atoms with Crippen LogP contribution in [0, 0.1) is 0 Å². The minimum absolute atomic E-state index is 0.00100. The Balaban J connectivity index is 1.39. The van der Waals surface area contributed by atoms with E-state index in [1.807, 2.05) is 4.90 Å². The first-order chi connectivity index (χ1) is 14.7. The topological polar surface area (TPSA) is 66.3 Å². The van der Waals surface area contributed by atoms with Gasteiger partial charge in [0, 0.05) is 31.4 Å². The first kappa shape index (κ1) is 18.9. The van der Waals surface area contributed by atoms with Gasteiger partial charge in [-0.3, -0.25) is 4.79 Å². The maximum absolute atomic E-state index is 12.7. The molecule has 0 bridgehead atoms. The standard InChI is InChI=1S/C25H25N3O2/c29-16-20-14-18(23-5-2-1-4-22(23)17-6-7-17)8-9-21(20)19-10-13-28(15-19)25(30)24-26-11-3-12-27-24/h1-5,8-9,11-12,14,17,19,29H,6-7,10,13,15-16H2. The number of benzene rings is 2. The number of aromatic nitrogens is 2. The summed E-state index contributed by atoms with van der Waals surface area (Å²) in [5.74, 6) is 1.01. The van der Waals surface area contributed by atoms with E-state index in [-0.39, 0.29) is 24.3 Å². The number of carbonyl (C=O) groups is 1. The summed E-state index contributed by atoms with van der Waals surface area (Å²) in [6.45, 7) is 1.31. The van der Waals surface area contributed by atoms with Gasteiger partial charge in [0.15, 0.2) is 0 Å². The first-order valence-electron chi connectivity index (χ1n) is 10.6. The van der Waals surface area contributed by atoms with E-state index in [4.69, 9.17) is 0 Å². The second kappa shape index (κ2) is 8.00. The number of aliphatic hydroxyl groups is 1. The van der Waals surface area contributed by atoms with E-state index >= 15 is 0 Å². The molecule has 1 amide bonds. The highest BCUT2D eigenvalue weighted by molar-refractivity contribution is 5.90. The van der Waals surface area contributed by atoms with Crippen molar-refractivity contribution in [3.05, 3.63) is 83.4 Å². The van der Waals surface area contributed by atoms with Crippen LogP contribution in [0.15, 0.2) is 60.9 Å². The molecular formula is C25H25N3O2. The van der Waals surface area contributed by atoms with Gasteiger partial charge in [-0.1, -0.05) is 36.4 Å². The summed E-state index contributed by atoms with van der Waals surface area (Å²) in [6.07, 6.45) is 6.59. The number of nitrogens with zero attached hydrogens (tertiary/aromatic N) is 3. The zero-order valence-corrected chi connectivity index (χ0v) is 16.9. The third-order valence-electron chi connectivity index (χ3n) is 6.27. The van der Waals surface area contributed by atoms with Crippen molar-refractivity contribution < 1.29 is 9.90 Å². The Bertz CT molecular complexity index is 1060.